The minimum Gasteiger partial charge on any atom is -0.352 e. The van der Waals surface area contributed by atoms with Gasteiger partial charge in [-0.2, -0.15) is 0 Å². The van der Waals surface area contributed by atoms with Crippen LogP contribution in [0, 0.1) is 0 Å². The van der Waals surface area contributed by atoms with E-state index in [0.29, 0.717) is 12.4 Å². The number of nitrogens with one attached hydrogen (secondary N) is 1. The first-order valence-corrected chi connectivity index (χ1v) is 6.81. The van der Waals surface area contributed by atoms with E-state index < -0.39 is 0 Å². The maximum absolute atomic E-state index is 6.21. The van der Waals surface area contributed by atoms with E-state index in [4.69, 9.17) is 17.4 Å². The molecule has 21 heavy (non-hydrogen) atoms. The number of fused-ring (bicyclic) bond motifs is 1. The first-order valence-electron chi connectivity index (χ1n) is 6.44. The quantitative estimate of drug-likeness (QED) is 0.571. The fourth-order valence-corrected chi connectivity index (χ4v) is 2.39. The van der Waals surface area contributed by atoms with Gasteiger partial charge in [0, 0.05) is 31.0 Å². The van der Waals surface area contributed by atoms with Crippen molar-refractivity contribution in [2.24, 2.45) is 5.84 Å². The first kappa shape index (κ1) is 13.7. The van der Waals surface area contributed by atoms with Gasteiger partial charge in [-0.25, -0.2) is 15.8 Å². The Morgan fingerprint density at radius 3 is 2.95 bits per heavy atom. The second kappa shape index (κ2) is 5.59. The topological polar surface area (TPSA) is 71.5 Å². The van der Waals surface area contributed by atoms with Crippen LogP contribution < -0.4 is 16.2 Å². The molecule has 3 aromatic rings. The van der Waals surface area contributed by atoms with E-state index in [9.17, 15) is 0 Å². The molecule has 0 saturated heterocycles. The summed E-state index contributed by atoms with van der Waals surface area (Å²) in [6.07, 6.45) is 5.37. The van der Waals surface area contributed by atoms with Crippen molar-refractivity contribution in [3.63, 3.8) is 0 Å². The molecular weight excluding hydrogens is 288 g/mol. The number of nitrogens with two attached hydrogens (primary N) is 1. The number of anilines is 2. The zero-order valence-corrected chi connectivity index (χ0v) is 12.2. The smallest absolute Gasteiger partial charge is 0.180 e. The molecule has 108 valence electrons. The molecule has 3 rings (SSSR count). The Morgan fingerprint density at radius 1 is 1.38 bits per heavy atom. The zero-order chi connectivity index (χ0) is 14.8. The number of hydrazine groups is 1. The van der Waals surface area contributed by atoms with E-state index in [0.717, 1.165) is 22.1 Å². The van der Waals surface area contributed by atoms with Gasteiger partial charge in [-0.15, -0.1) is 0 Å². The number of nitrogens with zero attached hydrogens (tertiary/aromatic N) is 4. The number of rotatable bonds is 4. The Morgan fingerprint density at radius 2 is 2.19 bits per heavy atom. The summed E-state index contributed by atoms with van der Waals surface area (Å²) in [5, 5.41) is 0.733. The number of imidazole rings is 1. The zero-order valence-electron chi connectivity index (χ0n) is 11.5. The van der Waals surface area contributed by atoms with Crippen LogP contribution in [-0.2, 0) is 6.54 Å². The summed E-state index contributed by atoms with van der Waals surface area (Å²) in [5.74, 6) is 6.77. The molecule has 6 nitrogen and oxygen atoms in total. The Kier molecular flexibility index (Phi) is 3.64. The summed E-state index contributed by atoms with van der Waals surface area (Å²) in [7, 11) is 1.95. The van der Waals surface area contributed by atoms with Gasteiger partial charge >= 0.3 is 0 Å². The maximum Gasteiger partial charge on any atom is 0.180 e. The molecule has 3 N–H and O–H groups in total. The van der Waals surface area contributed by atoms with Crippen LogP contribution in [-0.4, -0.2) is 21.4 Å². The molecule has 0 amide bonds. The molecule has 0 spiro atoms. The van der Waals surface area contributed by atoms with E-state index in [1.807, 2.05) is 46.8 Å². The average molecular weight is 303 g/mol. The van der Waals surface area contributed by atoms with Crippen molar-refractivity contribution in [3.05, 3.63) is 53.4 Å². The summed E-state index contributed by atoms with van der Waals surface area (Å²) in [6.45, 7) is 0.628. The molecule has 0 aliphatic rings. The van der Waals surface area contributed by atoms with E-state index in [1.165, 1.54) is 0 Å². The Balaban J connectivity index is 1.99. The lowest BCUT2D eigenvalue weighted by Gasteiger charge is -2.20. The summed E-state index contributed by atoms with van der Waals surface area (Å²) < 4.78 is 1.88. The molecule has 0 bridgehead atoms. The van der Waals surface area contributed by atoms with Crippen LogP contribution in [0.4, 0.5) is 11.6 Å². The van der Waals surface area contributed by atoms with Crippen LogP contribution in [0.15, 0.2) is 42.9 Å². The third-order valence-electron chi connectivity index (χ3n) is 3.23. The number of aromatic nitrogens is 3. The van der Waals surface area contributed by atoms with E-state index in [2.05, 4.69) is 15.4 Å². The normalized spacial score (nSPS) is 10.8. The minimum absolute atomic E-state index is 0.571. The summed E-state index contributed by atoms with van der Waals surface area (Å²) in [6, 6.07) is 7.75. The SMILES string of the molecule is CN(Cc1ccccc1Cl)c1nc(NN)cn2ccnc12. The highest BCUT2D eigenvalue weighted by Crippen LogP contribution is 2.23. The van der Waals surface area contributed by atoms with Gasteiger partial charge in [-0.3, -0.25) is 0 Å². The second-order valence-electron chi connectivity index (χ2n) is 4.70. The van der Waals surface area contributed by atoms with Crippen molar-refractivity contribution in [2.45, 2.75) is 6.54 Å². The maximum atomic E-state index is 6.21. The second-order valence-corrected chi connectivity index (χ2v) is 5.11. The average Bonchev–Trinajstić information content (AvgIpc) is 2.96. The van der Waals surface area contributed by atoms with Gasteiger partial charge in [0.2, 0.25) is 0 Å². The molecule has 1 aromatic carbocycles. The highest BCUT2D eigenvalue weighted by molar-refractivity contribution is 6.31. The van der Waals surface area contributed by atoms with Crippen molar-refractivity contribution in [1.29, 1.82) is 0 Å². The lowest BCUT2D eigenvalue weighted by Crippen LogP contribution is -2.20. The largest absolute Gasteiger partial charge is 0.352 e. The third-order valence-corrected chi connectivity index (χ3v) is 3.60. The predicted octanol–water partition coefficient (Wildman–Crippen LogP) is 2.30. The molecule has 0 radical (unpaired) electrons. The predicted molar refractivity (Wildman–Crippen MR) is 84.4 cm³/mol. The molecule has 0 unspecified atom stereocenters. The standard InChI is InChI=1S/C14H15ClN6/c1-20(8-10-4-2-3-5-11(10)15)14-13-17-6-7-21(13)9-12(18-14)19-16/h2-7,9,19H,8,16H2,1H3. The van der Waals surface area contributed by atoms with Gasteiger partial charge in [-0.1, -0.05) is 29.8 Å². The molecule has 2 aromatic heterocycles. The van der Waals surface area contributed by atoms with E-state index in [1.54, 1.807) is 12.4 Å². The van der Waals surface area contributed by atoms with Crippen LogP contribution >= 0.6 is 11.6 Å². The number of hydrogen-bond donors (Lipinski definition) is 2. The van der Waals surface area contributed by atoms with E-state index >= 15 is 0 Å². The molecule has 7 heteroatoms. The molecule has 0 atom stereocenters. The molecular formula is C14H15ClN6. The molecule has 0 aliphatic heterocycles. The van der Waals surface area contributed by atoms with Crippen LogP contribution in [0.5, 0.6) is 0 Å². The summed E-state index contributed by atoms with van der Waals surface area (Å²) >= 11 is 6.21. The van der Waals surface area contributed by atoms with Gasteiger partial charge in [0.05, 0.1) is 6.20 Å². The summed E-state index contributed by atoms with van der Waals surface area (Å²) in [5.41, 5.74) is 4.36. The number of hydrogen-bond acceptors (Lipinski definition) is 5. The number of halogens is 1. The molecule has 0 aliphatic carbocycles. The third kappa shape index (κ3) is 2.63. The van der Waals surface area contributed by atoms with Gasteiger partial charge in [0.1, 0.15) is 0 Å². The fourth-order valence-electron chi connectivity index (χ4n) is 2.20. The van der Waals surface area contributed by atoms with Gasteiger partial charge in [-0.05, 0) is 11.6 Å². The van der Waals surface area contributed by atoms with Crippen molar-refractivity contribution >= 4 is 28.9 Å². The highest BCUT2D eigenvalue weighted by Gasteiger charge is 2.13. The lowest BCUT2D eigenvalue weighted by molar-refractivity contribution is 0.892. The minimum atomic E-state index is 0.571. The molecule has 0 saturated carbocycles. The Labute approximate surface area is 127 Å². The fraction of sp³-hybridized carbons (Fsp3) is 0.143. The van der Waals surface area contributed by atoms with Crippen LogP contribution in [0.2, 0.25) is 5.02 Å². The lowest BCUT2D eigenvalue weighted by atomic mass is 10.2. The Bertz CT molecular complexity index is 769. The summed E-state index contributed by atoms with van der Waals surface area (Å²) in [4.78, 5) is 10.8. The highest BCUT2D eigenvalue weighted by atomic mass is 35.5. The van der Waals surface area contributed by atoms with Gasteiger partial charge < -0.3 is 14.7 Å². The Hall–Kier alpha value is -2.31. The van der Waals surface area contributed by atoms with Crippen molar-refractivity contribution in [1.82, 2.24) is 14.4 Å². The van der Waals surface area contributed by atoms with E-state index in [-0.39, 0.29) is 0 Å². The monoisotopic (exact) mass is 302 g/mol. The van der Waals surface area contributed by atoms with Crippen LogP contribution in [0.3, 0.4) is 0 Å². The molecule has 2 heterocycles. The van der Waals surface area contributed by atoms with Crippen molar-refractivity contribution in [3.8, 4) is 0 Å². The van der Waals surface area contributed by atoms with Gasteiger partial charge in [0.25, 0.3) is 0 Å². The number of nitrogen functional groups attached to an aromatic ring is 1. The van der Waals surface area contributed by atoms with Crippen molar-refractivity contribution < 1.29 is 0 Å². The number of benzene rings is 1. The van der Waals surface area contributed by atoms with Crippen LogP contribution in [0.1, 0.15) is 5.56 Å². The molecule has 0 fully saturated rings. The van der Waals surface area contributed by atoms with Crippen molar-refractivity contribution in [2.75, 3.05) is 17.4 Å². The van der Waals surface area contributed by atoms with Crippen LogP contribution in [0.25, 0.3) is 5.65 Å². The van der Waals surface area contributed by atoms with Gasteiger partial charge in [0.15, 0.2) is 17.3 Å². The first-order chi connectivity index (χ1) is 10.2.